The number of Topliss-reactive ketones (excluding diaryl/α,β-unsaturated/α-hetero) is 1. The fraction of sp³-hybridized carbons (Fsp3) is 0.333. The number of benzene rings is 1. The summed E-state index contributed by atoms with van der Waals surface area (Å²) in [5, 5.41) is 15.6. The van der Waals surface area contributed by atoms with Gasteiger partial charge in [-0.3, -0.25) is 14.3 Å². The van der Waals surface area contributed by atoms with Gasteiger partial charge in [0.1, 0.15) is 23.1 Å². The van der Waals surface area contributed by atoms with Crippen LogP contribution in [0.2, 0.25) is 0 Å². The van der Waals surface area contributed by atoms with Crippen LogP contribution in [0.15, 0.2) is 53.4 Å². The van der Waals surface area contributed by atoms with Gasteiger partial charge in [-0.1, -0.05) is 12.1 Å². The molecule has 3 aromatic heterocycles. The molecule has 196 valence electrons. The topological polar surface area (TPSA) is 114 Å². The SMILES string of the molecule is Cc1ncc(-c2ccc3c(c2)c(C(C)O)nn3CC(=O)N2C[C@H](F)C[C@H]2C(=O)Cc2cccc(Br)n2)cn1. The third-order valence-corrected chi connectivity index (χ3v) is 7.09. The molecule has 1 aliphatic rings. The predicted octanol–water partition coefficient (Wildman–Crippen LogP) is 3.76. The van der Waals surface area contributed by atoms with E-state index in [0.717, 1.165) is 11.1 Å². The van der Waals surface area contributed by atoms with E-state index < -0.39 is 24.2 Å². The summed E-state index contributed by atoms with van der Waals surface area (Å²) in [5.74, 6) is -0.0137. The van der Waals surface area contributed by atoms with Crippen LogP contribution >= 0.6 is 15.9 Å². The third kappa shape index (κ3) is 5.34. The highest BCUT2D eigenvalue weighted by atomic mass is 79.9. The zero-order chi connectivity index (χ0) is 27.0. The molecule has 4 aromatic rings. The van der Waals surface area contributed by atoms with E-state index in [9.17, 15) is 19.1 Å². The van der Waals surface area contributed by atoms with Crippen molar-refractivity contribution >= 4 is 38.5 Å². The minimum atomic E-state index is -1.29. The zero-order valence-corrected chi connectivity index (χ0v) is 22.5. The molecule has 38 heavy (non-hydrogen) atoms. The van der Waals surface area contributed by atoms with E-state index in [4.69, 9.17) is 0 Å². The molecule has 0 aliphatic carbocycles. The summed E-state index contributed by atoms with van der Waals surface area (Å²) in [6.07, 6.45) is 1.24. The van der Waals surface area contributed by atoms with Crippen LogP contribution < -0.4 is 0 Å². The average Bonchev–Trinajstić information content (AvgIpc) is 3.45. The Morgan fingerprint density at radius 2 is 1.95 bits per heavy atom. The molecule has 0 radical (unpaired) electrons. The molecular weight excluding hydrogens is 555 g/mol. The van der Waals surface area contributed by atoms with E-state index in [1.54, 1.807) is 44.4 Å². The number of nitrogens with zero attached hydrogens (tertiary/aromatic N) is 6. The van der Waals surface area contributed by atoms with Crippen molar-refractivity contribution in [3.05, 3.63) is 70.6 Å². The highest BCUT2D eigenvalue weighted by Crippen LogP contribution is 2.30. The Kier molecular flexibility index (Phi) is 7.31. The van der Waals surface area contributed by atoms with Crippen LogP contribution in [0.4, 0.5) is 4.39 Å². The van der Waals surface area contributed by atoms with Gasteiger partial charge in [-0.25, -0.2) is 19.3 Å². The van der Waals surface area contributed by atoms with E-state index in [1.165, 1.54) is 9.58 Å². The van der Waals surface area contributed by atoms with Gasteiger partial charge in [0.2, 0.25) is 5.91 Å². The quantitative estimate of drug-likeness (QED) is 0.331. The van der Waals surface area contributed by atoms with Crippen molar-refractivity contribution in [1.82, 2.24) is 29.6 Å². The van der Waals surface area contributed by atoms with Crippen molar-refractivity contribution in [2.45, 2.75) is 51.6 Å². The average molecular weight is 581 g/mol. The molecule has 0 spiro atoms. The first-order chi connectivity index (χ1) is 18.2. The van der Waals surface area contributed by atoms with Crippen LogP contribution in [0.3, 0.4) is 0 Å². The molecule has 1 fully saturated rings. The number of alkyl halides is 1. The molecule has 5 rings (SSSR count). The van der Waals surface area contributed by atoms with Crippen LogP contribution in [-0.2, 0) is 22.6 Å². The lowest BCUT2D eigenvalue weighted by Gasteiger charge is -2.23. The smallest absolute Gasteiger partial charge is 0.245 e. The Labute approximate surface area is 226 Å². The van der Waals surface area contributed by atoms with Gasteiger partial charge in [0.15, 0.2) is 5.78 Å². The number of carbonyl (C=O) groups excluding carboxylic acids is 2. The number of aliphatic hydroxyl groups is 1. The number of likely N-dealkylation sites (tertiary alicyclic amines) is 1. The normalized spacial score (nSPS) is 18.2. The number of hydrogen-bond donors (Lipinski definition) is 1. The number of halogens is 2. The van der Waals surface area contributed by atoms with Gasteiger partial charge in [-0.15, -0.1) is 0 Å². The van der Waals surface area contributed by atoms with E-state index >= 15 is 0 Å². The first-order valence-corrected chi connectivity index (χ1v) is 13.0. The molecule has 1 aromatic carbocycles. The summed E-state index contributed by atoms with van der Waals surface area (Å²) in [6, 6.07) is 9.95. The number of carbonyl (C=O) groups is 2. The second-order valence-electron chi connectivity index (χ2n) is 9.46. The zero-order valence-electron chi connectivity index (χ0n) is 20.9. The fourth-order valence-corrected chi connectivity index (χ4v) is 5.16. The first-order valence-electron chi connectivity index (χ1n) is 12.2. The number of ketones is 1. The van der Waals surface area contributed by atoms with Crippen LogP contribution in [0, 0.1) is 6.92 Å². The van der Waals surface area contributed by atoms with Gasteiger partial charge in [-0.05, 0) is 59.6 Å². The minimum Gasteiger partial charge on any atom is -0.387 e. The molecule has 4 heterocycles. The molecule has 1 aliphatic heterocycles. The van der Waals surface area contributed by atoms with E-state index in [0.29, 0.717) is 32.7 Å². The molecule has 0 saturated carbocycles. The monoisotopic (exact) mass is 580 g/mol. The number of rotatable bonds is 7. The molecule has 1 N–H and O–H groups in total. The number of amides is 1. The summed E-state index contributed by atoms with van der Waals surface area (Å²) in [7, 11) is 0. The summed E-state index contributed by atoms with van der Waals surface area (Å²) >= 11 is 3.29. The summed E-state index contributed by atoms with van der Waals surface area (Å²) in [5.41, 5.74) is 3.26. The molecule has 1 amide bonds. The van der Waals surface area contributed by atoms with Crippen LogP contribution in [-0.4, -0.2) is 65.2 Å². The van der Waals surface area contributed by atoms with Crippen LogP contribution in [0.1, 0.15) is 36.7 Å². The van der Waals surface area contributed by atoms with E-state index in [2.05, 4.69) is 36.0 Å². The Bertz CT molecular complexity index is 1510. The van der Waals surface area contributed by atoms with Crippen LogP contribution in [0.25, 0.3) is 22.0 Å². The summed E-state index contributed by atoms with van der Waals surface area (Å²) in [6.45, 7) is 3.07. The van der Waals surface area contributed by atoms with Crippen molar-refractivity contribution in [3.63, 3.8) is 0 Å². The standard InChI is InChI=1S/C27H26BrFN6O3/c1-15(36)27-21-8-17(18-11-30-16(2)31-12-18)6-7-22(21)35(33-27)14-26(38)34-13-19(29)9-23(34)24(37)10-20-4-3-5-25(28)32-20/h3-8,11-12,15,19,23,36H,9-10,13-14H2,1-2H3/t15?,19-,23+/m1/s1. The van der Waals surface area contributed by atoms with Gasteiger partial charge in [-0.2, -0.15) is 5.10 Å². The summed E-state index contributed by atoms with van der Waals surface area (Å²) < 4.78 is 16.5. The first kappa shape index (κ1) is 26.1. The number of fused-ring (bicyclic) bond motifs is 1. The highest BCUT2D eigenvalue weighted by molar-refractivity contribution is 9.10. The predicted molar refractivity (Wildman–Crippen MR) is 142 cm³/mol. The summed E-state index contributed by atoms with van der Waals surface area (Å²) in [4.78, 5) is 40.5. The lowest BCUT2D eigenvalue weighted by molar-refractivity contribution is -0.138. The van der Waals surface area contributed by atoms with Crippen molar-refractivity contribution in [2.75, 3.05) is 6.54 Å². The van der Waals surface area contributed by atoms with E-state index in [1.807, 2.05) is 18.2 Å². The Morgan fingerprint density at radius 1 is 1.18 bits per heavy atom. The fourth-order valence-electron chi connectivity index (χ4n) is 4.78. The maximum atomic E-state index is 14.4. The largest absolute Gasteiger partial charge is 0.387 e. The molecule has 11 heteroatoms. The van der Waals surface area contributed by atoms with Crippen molar-refractivity contribution in [1.29, 1.82) is 0 Å². The molecule has 9 nitrogen and oxygen atoms in total. The molecule has 3 atom stereocenters. The maximum Gasteiger partial charge on any atom is 0.245 e. The third-order valence-electron chi connectivity index (χ3n) is 6.64. The maximum absolute atomic E-state index is 14.4. The van der Waals surface area contributed by atoms with Gasteiger partial charge in [0.05, 0.1) is 36.3 Å². The molecule has 0 bridgehead atoms. The van der Waals surface area contributed by atoms with Crippen molar-refractivity contribution in [2.24, 2.45) is 0 Å². The number of aliphatic hydroxyl groups excluding tert-OH is 1. The number of hydrogen-bond acceptors (Lipinski definition) is 7. The highest BCUT2D eigenvalue weighted by Gasteiger charge is 2.39. The number of pyridine rings is 1. The number of aryl methyl sites for hydroxylation is 1. The number of aromatic nitrogens is 5. The molecular formula is C27H26BrFN6O3. The molecule has 1 saturated heterocycles. The Morgan fingerprint density at radius 3 is 2.66 bits per heavy atom. The second kappa shape index (κ2) is 10.7. The van der Waals surface area contributed by atoms with Gasteiger partial charge in [0.25, 0.3) is 0 Å². The lowest BCUT2D eigenvalue weighted by Crippen LogP contribution is -2.43. The lowest BCUT2D eigenvalue weighted by atomic mass is 10.0. The second-order valence-corrected chi connectivity index (χ2v) is 10.3. The van der Waals surface area contributed by atoms with Gasteiger partial charge >= 0.3 is 0 Å². The van der Waals surface area contributed by atoms with Gasteiger partial charge in [0, 0.05) is 35.5 Å². The van der Waals surface area contributed by atoms with Crippen molar-refractivity contribution in [3.8, 4) is 11.1 Å². The van der Waals surface area contributed by atoms with Crippen LogP contribution in [0.5, 0.6) is 0 Å². The Hall–Kier alpha value is -3.57. The van der Waals surface area contributed by atoms with Gasteiger partial charge < -0.3 is 10.0 Å². The van der Waals surface area contributed by atoms with E-state index in [-0.39, 0.29) is 31.7 Å². The Balaban J connectivity index is 1.40. The van der Waals surface area contributed by atoms with Crippen molar-refractivity contribution < 1.29 is 19.1 Å². The minimum absolute atomic E-state index is 0.00296. The molecule has 1 unspecified atom stereocenters.